The maximum Gasteiger partial charge on any atom is 0.161 e. The highest BCUT2D eigenvalue weighted by Crippen LogP contribution is 2.32. The standard InChI is InChI=1S/C3H3Cl5.FH/c4-1-3(7,8)2(5)6;/h2H,1H2;1H. The van der Waals surface area contributed by atoms with Crippen LogP contribution < -0.4 is 0 Å². The Balaban J connectivity index is 0. The minimum absolute atomic E-state index is 0. The van der Waals surface area contributed by atoms with Crippen LogP contribution in [0.25, 0.3) is 0 Å². The van der Waals surface area contributed by atoms with Crippen molar-refractivity contribution in [2.75, 3.05) is 5.88 Å². The molecule has 0 aliphatic rings. The lowest BCUT2D eigenvalue weighted by molar-refractivity contribution is 0.960. The van der Waals surface area contributed by atoms with E-state index in [9.17, 15) is 0 Å². The molecule has 0 aromatic rings. The predicted octanol–water partition coefficient (Wildman–Crippen LogP) is 3.36. The molecule has 58 valence electrons. The van der Waals surface area contributed by atoms with Crippen molar-refractivity contribution in [3.05, 3.63) is 0 Å². The highest BCUT2D eigenvalue weighted by Gasteiger charge is 2.30. The minimum atomic E-state index is -1.22. The van der Waals surface area contributed by atoms with E-state index in [4.69, 9.17) is 58.0 Å². The third kappa shape index (κ3) is 4.74. The topological polar surface area (TPSA) is 0 Å². The second-order valence-electron chi connectivity index (χ2n) is 1.20. The van der Waals surface area contributed by atoms with Gasteiger partial charge in [-0.25, -0.2) is 0 Å². The highest BCUT2D eigenvalue weighted by molar-refractivity contribution is 6.61. The van der Waals surface area contributed by atoms with Crippen molar-refractivity contribution in [3.63, 3.8) is 0 Å². The van der Waals surface area contributed by atoms with E-state index in [0.717, 1.165) is 0 Å². The Morgan fingerprint density at radius 3 is 1.56 bits per heavy atom. The number of rotatable bonds is 2. The van der Waals surface area contributed by atoms with Gasteiger partial charge in [0.25, 0.3) is 0 Å². The van der Waals surface area contributed by atoms with Crippen LogP contribution in [0.4, 0.5) is 4.70 Å². The first-order valence-corrected chi connectivity index (χ1v) is 3.89. The van der Waals surface area contributed by atoms with Crippen molar-refractivity contribution < 1.29 is 4.70 Å². The Morgan fingerprint density at radius 1 is 1.22 bits per heavy atom. The van der Waals surface area contributed by atoms with Crippen molar-refractivity contribution in [1.29, 1.82) is 0 Å². The maximum atomic E-state index is 5.43. The summed E-state index contributed by atoms with van der Waals surface area (Å²) in [6.45, 7) is 0. The Kier molecular flexibility index (Phi) is 7.35. The molecule has 0 amide bonds. The van der Waals surface area contributed by atoms with Gasteiger partial charge in [0.2, 0.25) is 0 Å². The number of alkyl halides is 5. The Morgan fingerprint density at radius 2 is 1.56 bits per heavy atom. The van der Waals surface area contributed by atoms with Crippen LogP contribution in [-0.2, 0) is 0 Å². The normalized spacial score (nSPS) is 11.3. The van der Waals surface area contributed by atoms with Crippen LogP contribution in [0, 0.1) is 0 Å². The quantitative estimate of drug-likeness (QED) is 0.645. The molecule has 0 aromatic carbocycles. The molecule has 9 heavy (non-hydrogen) atoms. The second-order valence-corrected chi connectivity index (χ2v) is 4.10. The van der Waals surface area contributed by atoms with Gasteiger partial charge < -0.3 is 0 Å². The lowest BCUT2D eigenvalue weighted by atomic mass is 10.5. The second kappa shape index (κ2) is 5.09. The van der Waals surface area contributed by atoms with E-state index in [2.05, 4.69) is 0 Å². The molecule has 0 aliphatic carbocycles. The summed E-state index contributed by atoms with van der Waals surface area (Å²) in [5.41, 5.74) is 0. The highest BCUT2D eigenvalue weighted by atomic mass is 35.5. The molecule has 0 rings (SSSR count). The first-order valence-electron chi connectivity index (χ1n) is 1.72. The molecule has 0 fully saturated rings. The van der Waals surface area contributed by atoms with Gasteiger partial charge in [-0.15, -0.1) is 34.8 Å². The molecular weight excluding hydrogens is 232 g/mol. The van der Waals surface area contributed by atoms with Gasteiger partial charge in [-0.3, -0.25) is 4.70 Å². The van der Waals surface area contributed by atoms with Crippen LogP contribution >= 0.6 is 58.0 Å². The van der Waals surface area contributed by atoms with Crippen LogP contribution in [0.2, 0.25) is 0 Å². The smallest absolute Gasteiger partial charge is 0.161 e. The largest absolute Gasteiger partial charge is 0.269 e. The van der Waals surface area contributed by atoms with Gasteiger partial charge in [0.05, 0.1) is 5.88 Å². The number of hydrogen-bond donors (Lipinski definition) is 0. The van der Waals surface area contributed by atoms with Crippen LogP contribution in [0.3, 0.4) is 0 Å². The van der Waals surface area contributed by atoms with E-state index >= 15 is 0 Å². The fourth-order valence-electron chi connectivity index (χ4n) is 0.0583. The van der Waals surface area contributed by atoms with Gasteiger partial charge in [-0.1, -0.05) is 23.2 Å². The molecule has 0 aromatic heterocycles. The van der Waals surface area contributed by atoms with Crippen LogP contribution in [0.1, 0.15) is 0 Å². The van der Waals surface area contributed by atoms with Gasteiger partial charge in [0.1, 0.15) is 4.84 Å². The summed E-state index contributed by atoms with van der Waals surface area (Å²) < 4.78 is -1.22. The monoisotopic (exact) mass is 234 g/mol. The summed E-state index contributed by atoms with van der Waals surface area (Å²) in [5.74, 6) is 0.0216. The molecule has 6 heteroatoms. The van der Waals surface area contributed by atoms with Crippen molar-refractivity contribution in [2.45, 2.75) is 9.17 Å². The third-order valence-corrected chi connectivity index (χ3v) is 3.09. The third-order valence-electron chi connectivity index (χ3n) is 0.497. The molecule has 0 radical (unpaired) electrons. The summed E-state index contributed by atoms with van der Waals surface area (Å²) >= 11 is 26.7. The molecule has 0 unspecified atom stereocenters. The van der Waals surface area contributed by atoms with Gasteiger partial charge >= 0.3 is 0 Å². The van der Waals surface area contributed by atoms with E-state index in [1.54, 1.807) is 0 Å². The van der Waals surface area contributed by atoms with Gasteiger partial charge in [0.15, 0.2) is 4.33 Å². The number of hydrogen-bond acceptors (Lipinski definition) is 0. The van der Waals surface area contributed by atoms with E-state index in [0.29, 0.717) is 0 Å². The lowest BCUT2D eigenvalue weighted by Gasteiger charge is -2.15. The maximum absolute atomic E-state index is 5.43. The average molecular weight is 236 g/mol. The predicted molar refractivity (Wildman–Crippen MR) is 43.2 cm³/mol. The molecule has 0 aliphatic heterocycles. The zero-order valence-electron chi connectivity index (χ0n) is 4.08. The number of halogens is 6. The van der Waals surface area contributed by atoms with E-state index < -0.39 is 9.17 Å². The fraction of sp³-hybridized carbons (Fsp3) is 1.00. The van der Waals surface area contributed by atoms with Gasteiger partial charge in [0, 0.05) is 0 Å². The zero-order chi connectivity index (χ0) is 6.78. The molecule has 0 atom stereocenters. The minimum Gasteiger partial charge on any atom is -0.269 e. The summed E-state index contributed by atoms with van der Waals surface area (Å²) in [5, 5.41) is 0. The molecule has 0 heterocycles. The molecule has 0 N–H and O–H groups in total. The van der Waals surface area contributed by atoms with Crippen molar-refractivity contribution in [2.24, 2.45) is 0 Å². The first kappa shape index (κ1) is 13.0. The molecule has 0 bridgehead atoms. The van der Waals surface area contributed by atoms with Crippen molar-refractivity contribution in [1.82, 2.24) is 0 Å². The Bertz CT molecular complexity index is 72.6. The van der Waals surface area contributed by atoms with E-state index in [-0.39, 0.29) is 10.6 Å². The van der Waals surface area contributed by atoms with Crippen LogP contribution in [-0.4, -0.2) is 15.0 Å². The van der Waals surface area contributed by atoms with E-state index in [1.165, 1.54) is 0 Å². The SMILES string of the molecule is ClCC(Cl)(Cl)C(Cl)Cl.F. The Hall–Kier alpha value is 1.38. The molecule has 0 spiro atoms. The lowest BCUT2D eigenvalue weighted by Crippen LogP contribution is -2.23. The molecule has 0 saturated carbocycles. The molecule has 0 nitrogen and oxygen atoms in total. The summed E-state index contributed by atoms with van der Waals surface area (Å²) in [6, 6.07) is 0. The average Bonchev–Trinajstić information content (AvgIpc) is 1.67. The van der Waals surface area contributed by atoms with Gasteiger partial charge in [-0.05, 0) is 0 Å². The molecular formula is C3H4Cl5F. The van der Waals surface area contributed by atoms with Crippen molar-refractivity contribution >= 4 is 58.0 Å². The van der Waals surface area contributed by atoms with Gasteiger partial charge in [-0.2, -0.15) is 0 Å². The Labute approximate surface area is 77.7 Å². The van der Waals surface area contributed by atoms with Crippen LogP contribution in [0.5, 0.6) is 0 Å². The molecule has 0 saturated heterocycles. The summed E-state index contributed by atoms with van der Waals surface area (Å²) in [7, 11) is 0. The zero-order valence-corrected chi connectivity index (χ0v) is 7.86. The van der Waals surface area contributed by atoms with E-state index in [1.807, 2.05) is 0 Å². The van der Waals surface area contributed by atoms with Crippen molar-refractivity contribution in [3.8, 4) is 0 Å². The first-order chi connectivity index (χ1) is 3.50. The van der Waals surface area contributed by atoms with Crippen LogP contribution in [0.15, 0.2) is 0 Å². The fourth-order valence-corrected chi connectivity index (χ4v) is 0.525. The summed E-state index contributed by atoms with van der Waals surface area (Å²) in [4.78, 5) is -0.844. The summed E-state index contributed by atoms with van der Waals surface area (Å²) in [6.07, 6.45) is 0.